The predicted molar refractivity (Wildman–Crippen MR) is 138 cm³/mol. The fraction of sp³-hybridized carbons (Fsp3) is 0.259. The van der Waals surface area contributed by atoms with Gasteiger partial charge in [-0.15, -0.1) is 0 Å². The number of anilines is 1. The van der Waals surface area contributed by atoms with Crippen molar-refractivity contribution in [1.82, 2.24) is 4.98 Å². The Morgan fingerprint density at radius 3 is 2.51 bits per heavy atom. The summed E-state index contributed by atoms with van der Waals surface area (Å²) in [5, 5.41) is 11.5. The molecule has 1 saturated heterocycles. The fourth-order valence-corrected chi connectivity index (χ4v) is 5.07. The number of aliphatic hydroxyl groups excluding tert-OH is 1. The molecule has 2 aromatic carbocycles. The monoisotopic (exact) mass is 522 g/mol. The zero-order valence-corrected chi connectivity index (χ0v) is 21.6. The summed E-state index contributed by atoms with van der Waals surface area (Å²) in [5.74, 6) is -1.66. The number of ketones is 1. The van der Waals surface area contributed by atoms with Gasteiger partial charge in [-0.2, -0.15) is 0 Å². The highest BCUT2D eigenvalue weighted by atomic mass is 32.1. The smallest absolute Gasteiger partial charge is 0.350 e. The highest BCUT2D eigenvalue weighted by Gasteiger charge is 2.48. The Morgan fingerprint density at radius 1 is 1.08 bits per heavy atom. The number of hydrogen-bond donors (Lipinski definition) is 1. The number of methoxy groups -OCH3 is 1. The van der Waals surface area contributed by atoms with E-state index < -0.39 is 23.7 Å². The summed E-state index contributed by atoms with van der Waals surface area (Å²) in [4.78, 5) is 45.1. The molecule has 1 aromatic heterocycles. The van der Waals surface area contributed by atoms with Gasteiger partial charge in [0.15, 0.2) is 5.13 Å². The molecule has 1 amide bonds. The number of aryl methyl sites for hydroxylation is 1. The first-order valence-electron chi connectivity index (χ1n) is 11.6. The molecule has 0 aliphatic carbocycles. The molecule has 1 aliphatic heterocycles. The third kappa shape index (κ3) is 4.92. The summed E-state index contributed by atoms with van der Waals surface area (Å²) in [6.45, 7) is 5.76. The first kappa shape index (κ1) is 25.9. The molecule has 192 valence electrons. The van der Waals surface area contributed by atoms with E-state index in [2.05, 4.69) is 4.98 Å². The van der Waals surface area contributed by atoms with Gasteiger partial charge in [0.2, 0.25) is 0 Å². The van der Waals surface area contributed by atoms with Crippen LogP contribution in [0.3, 0.4) is 0 Å². The van der Waals surface area contributed by atoms with Gasteiger partial charge in [-0.05, 0) is 50.6 Å². The Labute approximate surface area is 217 Å². The van der Waals surface area contributed by atoms with Gasteiger partial charge in [0.25, 0.3) is 5.78 Å². The minimum Gasteiger partial charge on any atom is -0.507 e. The van der Waals surface area contributed by atoms with E-state index in [1.807, 2.05) is 6.92 Å². The van der Waals surface area contributed by atoms with Crippen molar-refractivity contribution in [2.24, 2.45) is 0 Å². The number of hydrogen-bond acceptors (Lipinski definition) is 9. The molecule has 4 rings (SSSR count). The number of benzene rings is 2. The van der Waals surface area contributed by atoms with Crippen LogP contribution in [0.25, 0.3) is 5.76 Å². The summed E-state index contributed by atoms with van der Waals surface area (Å²) >= 11 is 0.949. The van der Waals surface area contributed by atoms with Crippen LogP contribution in [0, 0.1) is 6.92 Å². The number of thiazole rings is 1. The van der Waals surface area contributed by atoms with E-state index in [4.69, 9.17) is 14.2 Å². The van der Waals surface area contributed by atoms with Crippen molar-refractivity contribution in [3.05, 3.63) is 75.8 Å². The van der Waals surface area contributed by atoms with Crippen LogP contribution in [0.1, 0.15) is 46.4 Å². The summed E-state index contributed by atoms with van der Waals surface area (Å²) in [6, 6.07) is 12.5. The van der Waals surface area contributed by atoms with Crippen LogP contribution in [0.15, 0.2) is 54.1 Å². The number of nitrogens with zero attached hydrogens (tertiary/aromatic N) is 2. The summed E-state index contributed by atoms with van der Waals surface area (Å²) < 4.78 is 16.0. The molecule has 1 atom stereocenters. The van der Waals surface area contributed by atoms with Gasteiger partial charge in [0.1, 0.15) is 22.1 Å². The Morgan fingerprint density at radius 2 is 1.81 bits per heavy atom. The molecule has 10 heteroatoms. The molecule has 1 N–H and O–H groups in total. The molecular weight excluding hydrogens is 496 g/mol. The van der Waals surface area contributed by atoms with Gasteiger partial charge in [-0.3, -0.25) is 14.5 Å². The highest BCUT2D eigenvalue weighted by Crippen LogP contribution is 2.44. The van der Waals surface area contributed by atoms with E-state index >= 15 is 0 Å². The molecule has 1 fully saturated rings. The van der Waals surface area contributed by atoms with Crippen LogP contribution in [-0.4, -0.2) is 48.1 Å². The average molecular weight is 523 g/mol. The van der Waals surface area contributed by atoms with Crippen molar-refractivity contribution < 1.29 is 33.7 Å². The average Bonchev–Trinajstić information content (AvgIpc) is 3.41. The van der Waals surface area contributed by atoms with Gasteiger partial charge >= 0.3 is 11.9 Å². The third-order valence-electron chi connectivity index (χ3n) is 5.72. The van der Waals surface area contributed by atoms with Crippen molar-refractivity contribution in [1.29, 1.82) is 0 Å². The quantitative estimate of drug-likeness (QED) is 0.197. The number of carbonyl (C=O) groups excluding carboxylic acids is 3. The molecule has 37 heavy (non-hydrogen) atoms. The normalized spacial score (nSPS) is 16.6. The lowest BCUT2D eigenvalue weighted by atomic mass is 9.95. The van der Waals surface area contributed by atoms with E-state index in [1.165, 1.54) is 12.0 Å². The van der Waals surface area contributed by atoms with Crippen molar-refractivity contribution in [3.63, 3.8) is 0 Å². The minimum atomic E-state index is -1.02. The number of aromatic nitrogens is 1. The lowest BCUT2D eigenvalue weighted by Crippen LogP contribution is -2.29. The molecule has 0 radical (unpaired) electrons. The molecule has 1 aliphatic rings. The number of carbonyl (C=O) groups is 3. The molecule has 9 nitrogen and oxygen atoms in total. The van der Waals surface area contributed by atoms with Gasteiger partial charge in [-0.25, -0.2) is 9.78 Å². The second-order valence-electron chi connectivity index (χ2n) is 8.04. The molecule has 2 heterocycles. The largest absolute Gasteiger partial charge is 0.507 e. The Bertz CT molecular complexity index is 1390. The Kier molecular flexibility index (Phi) is 7.58. The number of ether oxygens (including phenoxy) is 3. The lowest BCUT2D eigenvalue weighted by Gasteiger charge is -2.23. The molecule has 1 unspecified atom stereocenters. The summed E-state index contributed by atoms with van der Waals surface area (Å²) in [6.07, 6.45) is 0. The standard InChI is InChI=1S/C27H26N2O7S/c1-5-35-19-12-8-10-17(14-19)22(30)20-21(16-9-7-11-18(13-16)34-4)29(25(32)23(20)31)27-28-15(3)24(37-27)26(33)36-6-2/h7-14,21,30H,5-6H2,1-4H3/b22-20+. The molecule has 3 aromatic rings. The highest BCUT2D eigenvalue weighted by molar-refractivity contribution is 7.17. The SMILES string of the molecule is CCOC(=O)c1sc(N2C(=O)C(=O)/C(=C(/O)c3cccc(OCC)c3)C2c2cccc(OC)c2)nc1C. The van der Waals surface area contributed by atoms with Crippen molar-refractivity contribution in [3.8, 4) is 11.5 Å². The van der Waals surface area contributed by atoms with Crippen LogP contribution < -0.4 is 14.4 Å². The van der Waals surface area contributed by atoms with Gasteiger partial charge < -0.3 is 19.3 Å². The topological polar surface area (TPSA) is 115 Å². The lowest BCUT2D eigenvalue weighted by molar-refractivity contribution is -0.132. The number of esters is 1. The first-order chi connectivity index (χ1) is 17.8. The van der Waals surface area contributed by atoms with Crippen LogP contribution in [0.2, 0.25) is 0 Å². The maximum absolute atomic E-state index is 13.4. The minimum absolute atomic E-state index is 0.113. The third-order valence-corrected chi connectivity index (χ3v) is 6.86. The van der Waals surface area contributed by atoms with Crippen molar-refractivity contribution in [2.45, 2.75) is 26.8 Å². The number of aliphatic hydroxyl groups is 1. The zero-order valence-electron chi connectivity index (χ0n) is 20.8. The van der Waals surface area contributed by atoms with Gasteiger partial charge in [0, 0.05) is 5.56 Å². The van der Waals surface area contributed by atoms with Crippen LogP contribution >= 0.6 is 11.3 Å². The second kappa shape index (κ2) is 10.8. The van der Waals surface area contributed by atoms with Crippen LogP contribution in [0.5, 0.6) is 11.5 Å². The molecule has 0 bridgehead atoms. The molecule has 0 saturated carbocycles. The summed E-state index contributed by atoms with van der Waals surface area (Å²) in [5.41, 5.74) is 1.09. The maximum Gasteiger partial charge on any atom is 0.350 e. The number of Topliss-reactive ketones (excluding diaryl/α,β-unsaturated/α-hetero) is 1. The van der Waals surface area contributed by atoms with Crippen LogP contribution in [0.4, 0.5) is 5.13 Å². The number of amides is 1. The van der Waals surface area contributed by atoms with E-state index in [-0.39, 0.29) is 27.9 Å². The van der Waals surface area contributed by atoms with Crippen molar-refractivity contribution in [2.75, 3.05) is 25.2 Å². The van der Waals surface area contributed by atoms with E-state index in [9.17, 15) is 19.5 Å². The number of rotatable bonds is 8. The first-order valence-corrected chi connectivity index (χ1v) is 12.4. The van der Waals surface area contributed by atoms with E-state index in [0.29, 0.717) is 34.9 Å². The molecular formula is C27H26N2O7S. The van der Waals surface area contributed by atoms with E-state index in [0.717, 1.165) is 11.3 Å². The van der Waals surface area contributed by atoms with E-state index in [1.54, 1.807) is 62.4 Å². The van der Waals surface area contributed by atoms with Crippen molar-refractivity contribution >= 4 is 39.9 Å². The maximum atomic E-state index is 13.4. The Hall–Kier alpha value is -4.18. The fourth-order valence-electron chi connectivity index (χ4n) is 4.08. The van der Waals surface area contributed by atoms with Gasteiger partial charge in [-0.1, -0.05) is 35.6 Å². The predicted octanol–water partition coefficient (Wildman–Crippen LogP) is 4.66. The zero-order chi connectivity index (χ0) is 26.7. The van der Waals surface area contributed by atoms with Crippen LogP contribution in [-0.2, 0) is 14.3 Å². The second-order valence-corrected chi connectivity index (χ2v) is 9.02. The molecule has 0 spiro atoms. The van der Waals surface area contributed by atoms with Gasteiger partial charge in [0.05, 0.1) is 37.6 Å². The Balaban J connectivity index is 1.91. The summed E-state index contributed by atoms with van der Waals surface area (Å²) in [7, 11) is 1.51.